The molecule has 1 amide bonds. The lowest BCUT2D eigenvalue weighted by molar-refractivity contribution is -0.132. The zero-order valence-corrected chi connectivity index (χ0v) is 23.2. The van der Waals surface area contributed by atoms with Crippen molar-refractivity contribution in [1.82, 2.24) is 4.98 Å². The molecule has 0 bridgehead atoms. The minimum atomic E-state index is -0.995. The molecule has 0 saturated carbocycles. The molecule has 0 radical (unpaired) electrons. The van der Waals surface area contributed by atoms with E-state index < -0.39 is 17.7 Å². The van der Waals surface area contributed by atoms with Crippen LogP contribution in [0.1, 0.15) is 36.9 Å². The number of Topliss-reactive ketones (excluding diaryl/α,β-unsaturated/α-hetero) is 1. The summed E-state index contributed by atoms with van der Waals surface area (Å²) in [6.07, 6.45) is 1.86. The molecule has 38 heavy (non-hydrogen) atoms. The van der Waals surface area contributed by atoms with Gasteiger partial charge in [0.15, 0.2) is 5.13 Å². The lowest BCUT2D eigenvalue weighted by Gasteiger charge is -2.23. The molecule has 1 unspecified atom stereocenters. The molecule has 1 fully saturated rings. The Balaban J connectivity index is 1.67. The van der Waals surface area contributed by atoms with Gasteiger partial charge >= 0.3 is 5.91 Å². The SMILES string of the molecule is CCCCOc1cccc(C(O)=C2C(=O)C(=O)N(c3nc4ccc(Cl)cc4s3)C2c2ccc(Cl)c(Cl)c2)c1. The fourth-order valence-electron chi connectivity index (χ4n) is 4.24. The summed E-state index contributed by atoms with van der Waals surface area (Å²) in [6.45, 7) is 2.59. The van der Waals surface area contributed by atoms with Gasteiger partial charge in [-0.25, -0.2) is 4.98 Å². The average molecular weight is 588 g/mol. The number of aliphatic hydroxyl groups excluding tert-OH is 1. The Bertz CT molecular complexity index is 1600. The number of ketones is 1. The van der Waals surface area contributed by atoms with E-state index in [-0.39, 0.29) is 21.5 Å². The van der Waals surface area contributed by atoms with Gasteiger partial charge in [-0.2, -0.15) is 0 Å². The van der Waals surface area contributed by atoms with E-state index in [9.17, 15) is 14.7 Å². The third-order valence-corrected chi connectivity index (χ3v) is 8.11. The number of nitrogens with zero attached hydrogens (tertiary/aromatic N) is 2. The fourth-order valence-corrected chi connectivity index (χ4v) is 5.81. The summed E-state index contributed by atoms with van der Waals surface area (Å²) >= 11 is 19.8. The number of thiazole rings is 1. The van der Waals surface area contributed by atoms with Crippen molar-refractivity contribution < 1.29 is 19.4 Å². The van der Waals surface area contributed by atoms with Crippen molar-refractivity contribution >= 4 is 78.9 Å². The van der Waals surface area contributed by atoms with Crippen LogP contribution in [0.3, 0.4) is 0 Å². The van der Waals surface area contributed by atoms with Gasteiger partial charge in [0.1, 0.15) is 11.5 Å². The van der Waals surface area contributed by atoms with Crippen molar-refractivity contribution in [2.45, 2.75) is 25.8 Å². The summed E-state index contributed by atoms with van der Waals surface area (Å²) in [7, 11) is 0. The van der Waals surface area contributed by atoms with Crippen LogP contribution in [-0.2, 0) is 9.59 Å². The third kappa shape index (κ3) is 4.99. The summed E-state index contributed by atoms with van der Waals surface area (Å²) in [6, 6.07) is 15.8. The molecule has 10 heteroatoms. The molecule has 194 valence electrons. The van der Waals surface area contributed by atoms with E-state index in [1.165, 1.54) is 16.2 Å². The van der Waals surface area contributed by atoms with Gasteiger partial charge in [0, 0.05) is 10.6 Å². The Labute approximate surface area is 238 Å². The quantitative estimate of drug-likeness (QED) is 0.102. The first-order valence-electron chi connectivity index (χ1n) is 11.8. The number of halogens is 3. The number of carbonyl (C=O) groups is 2. The molecule has 4 aromatic rings. The highest BCUT2D eigenvalue weighted by Gasteiger charge is 2.48. The first-order chi connectivity index (χ1) is 18.3. The zero-order chi connectivity index (χ0) is 27.0. The predicted molar refractivity (Wildman–Crippen MR) is 153 cm³/mol. The van der Waals surface area contributed by atoms with Gasteiger partial charge in [-0.1, -0.05) is 77.7 Å². The molecule has 3 aromatic carbocycles. The number of aromatic nitrogens is 1. The minimum absolute atomic E-state index is 0.0867. The molecule has 5 rings (SSSR count). The molecular formula is C28H21Cl3N2O4S. The number of amides is 1. The maximum absolute atomic E-state index is 13.5. The van der Waals surface area contributed by atoms with Gasteiger partial charge < -0.3 is 9.84 Å². The molecule has 6 nitrogen and oxygen atoms in total. The summed E-state index contributed by atoms with van der Waals surface area (Å²) < 4.78 is 6.52. The van der Waals surface area contributed by atoms with Crippen LogP contribution in [0.15, 0.2) is 66.2 Å². The number of fused-ring (bicyclic) bond motifs is 1. The summed E-state index contributed by atoms with van der Waals surface area (Å²) in [4.78, 5) is 32.8. The first-order valence-corrected chi connectivity index (χ1v) is 13.8. The Morgan fingerprint density at radius 3 is 2.63 bits per heavy atom. The Hall–Kier alpha value is -3.10. The lowest BCUT2D eigenvalue weighted by atomic mass is 9.95. The number of benzene rings is 3. The average Bonchev–Trinajstić information content (AvgIpc) is 3.43. The van der Waals surface area contributed by atoms with Crippen LogP contribution >= 0.6 is 46.1 Å². The highest BCUT2D eigenvalue weighted by Crippen LogP contribution is 2.45. The van der Waals surface area contributed by atoms with E-state index in [4.69, 9.17) is 39.5 Å². The van der Waals surface area contributed by atoms with Crippen molar-refractivity contribution in [3.05, 3.63) is 92.4 Å². The molecule has 1 saturated heterocycles. The van der Waals surface area contributed by atoms with Crippen molar-refractivity contribution in [2.24, 2.45) is 0 Å². The lowest BCUT2D eigenvalue weighted by Crippen LogP contribution is -2.29. The van der Waals surface area contributed by atoms with Gasteiger partial charge in [0.25, 0.3) is 5.78 Å². The number of carbonyl (C=O) groups excluding carboxylic acids is 2. The van der Waals surface area contributed by atoms with Crippen LogP contribution in [0.25, 0.3) is 16.0 Å². The molecule has 1 aliphatic heterocycles. The number of aliphatic hydroxyl groups is 1. The van der Waals surface area contributed by atoms with Crippen molar-refractivity contribution in [1.29, 1.82) is 0 Å². The van der Waals surface area contributed by atoms with E-state index in [2.05, 4.69) is 11.9 Å². The largest absolute Gasteiger partial charge is 0.507 e. The molecule has 1 aromatic heterocycles. The van der Waals surface area contributed by atoms with Crippen LogP contribution in [0, 0.1) is 0 Å². The van der Waals surface area contributed by atoms with E-state index in [0.29, 0.717) is 39.0 Å². The van der Waals surface area contributed by atoms with E-state index in [1.807, 2.05) is 0 Å². The number of hydrogen-bond donors (Lipinski definition) is 1. The van der Waals surface area contributed by atoms with Crippen LogP contribution in [0.2, 0.25) is 15.1 Å². The number of hydrogen-bond acceptors (Lipinski definition) is 6. The van der Waals surface area contributed by atoms with Gasteiger partial charge in [0.2, 0.25) is 0 Å². The third-order valence-electron chi connectivity index (χ3n) is 6.12. The molecule has 1 aliphatic rings. The normalized spacial score (nSPS) is 16.9. The van der Waals surface area contributed by atoms with Crippen LogP contribution in [0.5, 0.6) is 5.75 Å². The molecule has 0 spiro atoms. The highest BCUT2D eigenvalue weighted by molar-refractivity contribution is 7.22. The van der Waals surface area contributed by atoms with Crippen molar-refractivity contribution in [3.63, 3.8) is 0 Å². The molecule has 1 atom stereocenters. The highest BCUT2D eigenvalue weighted by atomic mass is 35.5. The van der Waals surface area contributed by atoms with E-state index >= 15 is 0 Å². The number of anilines is 1. The second-order valence-electron chi connectivity index (χ2n) is 8.68. The van der Waals surface area contributed by atoms with Crippen LogP contribution < -0.4 is 9.64 Å². The summed E-state index contributed by atoms with van der Waals surface area (Å²) in [5.41, 5.74) is 1.38. The molecular weight excluding hydrogens is 567 g/mol. The van der Waals surface area contributed by atoms with E-state index in [1.54, 1.807) is 60.7 Å². The van der Waals surface area contributed by atoms with Gasteiger partial charge in [-0.3, -0.25) is 14.5 Å². The van der Waals surface area contributed by atoms with E-state index in [0.717, 1.165) is 17.5 Å². The topological polar surface area (TPSA) is 79.7 Å². The first kappa shape index (κ1) is 26.5. The zero-order valence-electron chi connectivity index (χ0n) is 20.1. The molecule has 0 aliphatic carbocycles. The molecule has 2 heterocycles. The Morgan fingerprint density at radius 1 is 1.05 bits per heavy atom. The smallest absolute Gasteiger partial charge is 0.301 e. The second-order valence-corrected chi connectivity index (χ2v) is 10.9. The predicted octanol–water partition coefficient (Wildman–Crippen LogP) is 8.06. The summed E-state index contributed by atoms with van der Waals surface area (Å²) in [5, 5.41) is 12.8. The van der Waals surface area contributed by atoms with Crippen LogP contribution in [-0.4, -0.2) is 28.4 Å². The van der Waals surface area contributed by atoms with Gasteiger partial charge in [-0.05, 0) is 54.4 Å². The monoisotopic (exact) mass is 586 g/mol. The fraction of sp³-hybridized carbons (Fsp3) is 0.179. The van der Waals surface area contributed by atoms with Crippen molar-refractivity contribution in [3.8, 4) is 5.75 Å². The van der Waals surface area contributed by atoms with Gasteiger partial charge in [-0.15, -0.1) is 0 Å². The summed E-state index contributed by atoms with van der Waals surface area (Å²) in [5.74, 6) is -1.44. The second kappa shape index (κ2) is 10.9. The number of unbranched alkanes of at least 4 members (excludes halogenated alkanes) is 1. The maximum atomic E-state index is 13.5. The van der Waals surface area contributed by atoms with Crippen LogP contribution in [0.4, 0.5) is 5.13 Å². The Morgan fingerprint density at radius 2 is 1.87 bits per heavy atom. The number of rotatable bonds is 7. The minimum Gasteiger partial charge on any atom is -0.507 e. The van der Waals surface area contributed by atoms with Crippen molar-refractivity contribution in [2.75, 3.05) is 11.5 Å². The number of ether oxygens (including phenoxy) is 1. The maximum Gasteiger partial charge on any atom is 0.301 e. The molecule has 1 N–H and O–H groups in total. The van der Waals surface area contributed by atoms with Gasteiger partial charge in [0.05, 0.1) is 38.5 Å². The standard InChI is InChI=1S/C28H21Cl3N2O4S/c1-2-3-11-37-18-6-4-5-16(12-18)25(34)23-24(15-7-9-19(30)20(31)13-15)33(27(36)26(23)35)28-32-21-10-8-17(29)14-22(21)38-28/h4-10,12-14,24,34H,2-3,11H2,1H3. The Kier molecular flexibility index (Phi) is 7.63.